The number of rotatable bonds is 6. The number of hydrogen-bond acceptors (Lipinski definition) is 6. The molecule has 1 aliphatic heterocycles. The molecule has 0 unspecified atom stereocenters. The topological polar surface area (TPSA) is 60.7 Å². The molecule has 2 aromatic heterocycles. The Hall–Kier alpha value is -2.06. The van der Waals surface area contributed by atoms with Crippen molar-refractivity contribution in [1.82, 2.24) is 9.97 Å². The highest BCUT2D eigenvalue weighted by Crippen LogP contribution is 2.40. The molecule has 0 amide bonds. The maximum Gasteiger partial charge on any atom is 0.187 e. The Morgan fingerprint density at radius 1 is 1.20 bits per heavy atom. The number of aryl methyl sites for hydroxylation is 1. The van der Waals surface area contributed by atoms with Gasteiger partial charge in [0.05, 0.1) is 25.2 Å². The van der Waals surface area contributed by atoms with Crippen LogP contribution in [0.25, 0.3) is 10.2 Å². The molecule has 7 heteroatoms. The number of benzene rings is 1. The van der Waals surface area contributed by atoms with Gasteiger partial charge in [0.25, 0.3) is 0 Å². The second kappa shape index (κ2) is 8.98. The summed E-state index contributed by atoms with van der Waals surface area (Å²) in [5.74, 6) is 2.45. The van der Waals surface area contributed by atoms with Gasteiger partial charge in [-0.3, -0.25) is 4.84 Å². The number of hydrogen-bond donors (Lipinski definition) is 2. The van der Waals surface area contributed by atoms with E-state index in [1.54, 1.807) is 0 Å². The lowest BCUT2D eigenvalue weighted by molar-refractivity contribution is -0.922. The Morgan fingerprint density at radius 2 is 2.03 bits per heavy atom. The lowest BCUT2D eigenvalue weighted by Crippen LogP contribution is -3.12. The molecule has 1 saturated heterocycles. The number of ether oxygens (including phenoxy) is 1. The third kappa shape index (κ3) is 4.34. The number of thiophene rings is 1. The summed E-state index contributed by atoms with van der Waals surface area (Å²) in [4.78, 5) is 19.8. The molecular weight excluding hydrogens is 396 g/mol. The molecule has 1 atom stereocenters. The summed E-state index contributed by atoms with van der Waals surface area (Å²) in [7, 11) is 0. The first-order chi connectivity index (χ1) is 14.8. The van der Waals surface area contributed by atoms with E-state index >= 15 is 0 Å². The van der Waals surface area contributed by atoms with E-state index in [1.165, 1.54) is 21.8 Å². The lowest BCUT2D eigenvalue weighted by atomic mass is 9.89. The van der Waals surface area contributed by atoms with Crippen LogP contribution in [0.15, 0.2) is 30.3 Å². The number of morpholine rings is 1. The van der Waals surface area contributed by atoms with Crippen LogP contribution < -0.4 is 10.4 Å². The highest BCUT2D eigenvalue weighted by atomic mass is 32.1. The van der Waals surface area contributed by atoms with Crippen molar-refractivity contribution in [2.45, 2.75) is 39.3 Å². The van der Waals surface area contributed by atoms with Crippen LogP contribution in [0.3, 0.4) is 0 Å². The molecule has 2 aliphatic rings. The van der Waals surface area contributed by atoms with Crippen molar-refractivity contribution in [2.75, 3.05) is 31.8 Å². The van der Waals surface area contributed by atoms with E-state index in [0.29, 0.717) is 6.61 Å². The van der Waals surface area contributed by atoms with Crippen molar-refractivity contribution < 1.29 is 14.5 Å². The number of aromatic nitrogens is 2. The quantitative estimate of drug-likeness (QED) is 0.595. The van der Waals surface area contributed by atoms with Gasteiger partial charge >= 0.3 is 0 Å². The van der Waals surface area contributed by atoms with E-state index < -0.39 is 0 Å². The predicted octanol–water partition coefficient (Wildman–Crippen LogP) is 2.77. The zero-order chi connectivity index (χ0) is 20.3. The number of quaternary nitrogens is 1. The SMILES string of the molecule is C[C@@H]1CCc2c(sc3nc(C[NH+]4CCOCC4)nc(NOCc4ccccc4)c23)C1. The Balaban J connectivity index is 1.43. The fraction of sp³-hybridized carbons (Fsp3) is 0.478. The molecule has 1 fully saturated rings. The Kier molecular flexibility index (Phi) is 5.95. The Labute approximate surface area is 181 Å². The normalized spacial score (nSPS) is 19.7. The number of nitrogens with zero attached hydrogens (tertiary/aromatic N) is 2. The Morgan fingerprint density at radius 3 is 2.87 bits per heavy atom. The minimum absolute atomic E-state index is 0.500. The zero-order valence-electron chi connectivity index (χ0n) is 17.4. The van der Waals surface area contributed by atoms with Gasteiger partial charge < -0.3 is 9.64 Å². The van der Waals surface area contributed by atoms with Gasteiger partial charge in [-0.1, -0.05) is 37.3 Å². The van der Waals surface area contributed by atoms with Crippen LogP contribution in [0, 0.1) is 5.92 Å². The predicted molar refractivity (Wildman–Crippen MR) is 119 cm³/mol. The number of anilines is 1. The van der Waals surface area contributed by atoms with Crippen LogP contribution in [0.2, 0.25) is 0 Å². The van der Waals surface area contributed by atoms with Crippen molar-refractivity contribution in [2.24, 2.45) is 5.92 Å². The average molecular weight is 426 g/mol. The fourth-order valence-electron chi connectivity index (χ4n) is 4.36. The van der Waals surface area contributed by atoms with Gasteiger partial charge in [0.15, 0.2) is 11.6 Å². The summed E-state index contributed by atoms with van der Waals surface area (Å²) in [5.41, 5.74) is 5.74. The lowest BCUT2D eigenvalue weighted by Gasteiger charge is -2.23. The van der Waals surface area contributed by atoms with Crippen molar-refractivity contribution in [3.8, 4) is 0 Å². The molecule has 3 aromatic rings. The van der Waals surface area contributed by atoms with E-state index in [2.05, 4.69) is 24.5 Å². The van der Waals surface area contributed by atoms with Gasteiger partial charge in [0, 0.05) is 4.88 Å². The third-order valence-electron chi connectivity index (χ3n) is 6.06. The second-order valence-electron chi connectivity index (χ2n) is 8.44. The summed E-state index contributed by atoms with van der Waals surface area (Å²) < 4.78 is 5.50. The molecule has 1 aliphatic carbocycles. The molecule has 30 heavy (non-hydrogen) atoms. The van der Waals surface area contributed by atoms with Gasteiger partial charge in [-0.05, 0) is 36.3 Å². The minimum Gasteiger partial charge on any atom is -0.370 e. The van der Waals surface area contributed by atoms with Crippen molar-refractivity contribution in [1.29, 1.82) is 0 Å². The molecule has 158 valence electrons. The monoisotopic (exact) mass is 425 g/mol. The summed E-state index contributed by atoms with van der Waals surface area (Å²) >= 11 is 1.84. The maximum absolute atomic E-state index is 5.88. The van der Waals surface area contributed by atoms with E-state index in [1.807, 2.05) is 29.5 Å². The van der Waals surface area contributed by atoms with Crippen LogP contribution in [0.5, 0.6) is 0 Å². The fourth-order valence-corrected chi connectivity index (χ4v) is 5.76. The first kappa shape index (κ1) is 19.9. The number of fused-ring (bicyclic) bond motifs is 3. The highest BCUT2D eigenvalue weighted by Gasteiger charge is 2.25. The smallest absolute Gasteiger partial charge is 0.187 e. The Bertz CT molecular complexity index is 1000. The molecule has 6 nitrogen and oxygen atoms in total. The van der Waals surface area contributed by atoms with Gasteiger partial charge in [0.1, 0.15) is 24.5 Å². The molecule has 0 saturated carbocycles. The molecule has 0 spiro atoms. The molecule has 2 N–H and O–H groups in total. The minimum atomic E-state index is 0.500. The largest absolute Gasteiger partial charge is 0.370 e. The van der Waals surface area contributed by atoms with Crippen molar-refractivity contribution in [3.05, 3.63) is 52.2 Å². The first-order valence-corrected chi connectivity index (χ1v) is 11.7. The highest BCUT2D eigenvalue weighted by molar-refractivity contribution is 7.19. The van der Waals surface area contributed by atoms with Crippen LogP contribution >= 0.6 is 11.3 Å². The average Bonchev–Trinajstić information content (AvgIpc) is 3.12. The van der Waals surface area contributed by atoms with E-state index in [0.717, 1.165) is 79.0 Å². The first-order valence-electron chi connectivity index (χ1n) is 10.9. The summed E-state index contributed by atoms with van der Waals surface area (Å²) in [6.45, 7) is 7.31. The van der Waals surface area contributed by atoms with Crippen LogP contribution in [-0.4, -0.2) is 36.3 Å². The zero-order valence-corrected chi connectivity index (χ0v) is 18.3. The molecule has 0 radical (unpaired) electrons. The molecule has 5 rings (SSSR count). The second-order valence-corrected chi connectivity index (χ2v) is 9.52. The molecule has 3 heterocycles. The summed E-state index contributed by atoms with van der Waals surface area (Å²) in [6, 6.07) is 10.2. The van der Waals surface area contributed by atoms with Crippen molar-refractivity contribution >= 4 is 27.4 Å². The van der Waals surface area contributed by atoms with E-state index in [9.17, 15) is 0 Å². The summed E-state index contributed by atoms with van der Waals surface area (Å²) in [6.07, 6.45) is 3.47. The van der Waals surface area contributed by atoms with Gasteiger partial charge in [-0.25, -0.2) is 15.4 Å². The maximum atomic E-state index is 5.88. The van der Waals surface area contributed by atoms with E-state index in [-0.39, 0.29) is 0 Å². The molecule has 0 bridgehead atoms. The number of nitrogens with one attached hydrogen (secondary N) is 2. The summed E-state index contributed by atoms with van der Waals surface area (Å²) in [5, 5.41) is 1.16. The van der Waals surface area contributed by atoms with Gasteiger partial charge in [-0.2, -0.15) is 0 Å². The van der Waals surface area contributed by atoms with Crippen LogP contribution in [0.1, 0.15) is 35.2 Å². The molecule has 1 aromatic carbocycles. The van der Waals surface area contributed by atoms with E-state index in [4.69, 9.17) is 19.5 Å². The molecular formula is C23H29N4O2S+. The van der Waals surface area contributed by atoms with Crippen LogP contribution in [-0.2, 0) is 35.6 Å². The standard InChI is InChI=1S/C23H28N4O2S/c1-16-7-8-18-19(13-16)30-23-21(18)22(26-29-15-17-5-3-2-4-6-17)24-20(25-23)14-27-9-11-28-12-10-27/h2-6,16H,7-15H2,1H3,(H,24,25,26)/p+1/t16-/m1/s1. The van der Waals surface area contributed by atoms with Crippen molar-refractivity contribution in [3.63, 3.8) is 0 Å². The van der Waals surface area contributed by atoms with Crippen LogP contribution in [0.4, 0.5) is 5.82 Å². The third-order valence-corrected chi connectivity index (χ3v) is 7.21. The van der Waals surface area contributed by atoms with Gasteiger partial charge in [0.2, 0.25) is 0 Å². The van der Waals surface area contributed by atoms with Gasteiger partial charge in [-0.15, -0.1) is 11.3 Å².